The van der Waals surface area contributed by atoms with Gasteiger partial charge in [-0.25, -0.2) is 9.97 Å². The third-order valence-electron chi connectivity index (χ3n) is 1.74. The molecule has 0 saturated carbocycles. The number of benzene rings is 1. The Labute approximate surface area is 104 Å². The van der Waals surface area contributed by atoms with Crippen molar-refractivity contribution in [3.63, 3.8) is 0 Å². The highest BCUT2D eigenvalue weighted by molar-refractivity contribution is 14.1. The fourth-order valence-electron chi connectivity index (χ4n) is 1.08. The van der Waals surface area contributed by atoms with Gasteiger partial charge in [0.25, 0.3) is 0 Å². The fourth-order valence-corrected chi connectivity index (χ4v) is 1.85. The molecule has 0 fully saturated rings. The molecule has 0 aliphatic carbocycles. The second-order valence-electron chi connectivity index (χ2n) is 2.70. The maximum absolute atomic E-state index is 4.19. The van der Waals surface area contributed by atoms with Crippen molar-refractivity contribution in [2.24, 2.45) is 0 Å². The van der Waals surface area contributed by atoms with Gasteiger partial charge in [0.05, 0.1) is 0 Å². The van der Waals surface area contributed by atoms with Gasteiger partial charge in [-0.2, -0.15) is 0 Å². The second kappa shape index (κ2) is 4.35. The van der Waals surface area contributed by atoms with Crippen LogP contribution in [-0.2, 0) is 0 Å². The maximum Gasteiger partial charge on any atom is 0.159 e. The van der Waals surface area contributed by atoms with Gasteiger partial charge in [0.15, 0.2) is 5.82 Å². The Balaban J connectivity index is 2.48. The molecule has 1 heterocycles. The molecule has 0 saturated heterocycles. The molecule has 1 aromatic carbocycles. The van der Waals surface area contributed by atoms with E-state index >= 15 is 0 Å². The van der Waals surface area contributed by atoms with Gasteiger partial charge in [0, 0.05) is 26.0 Å². The van der Waals surface area contributed by atoms with Crippen LogP contribution in [0.15, 0.2) is 41.1 Å². The van der Waals surface area contributed by atoms with Crippen LogP contribution in [0.5, 0.6) is 0 Å². The van der Waals surface area contributed by atoms with Crippen LogP contribution < -0.4 is 0 Å². The van der Waals surface area contributed by atoms with E-state index in [1.807, 2.05) is 18.2 Å². The van der Waals surface area contributed by atoms with Crippen LogP contribution in [0.2, 0.25) is 0 Å². The van der Waals surface area contributed by atoms with E-state index in [4.69, 9.17) is 0 Å². The number of rotatable bonds is 1. The normalized spacial score (nSPS) is 10.1. The Bertz CT molecular complexity index is 445. The molecule has 1 aromatic heterocycles. The third-order valence-corrected chi connectivity index (χ3v) is 4.07. The van der Waals surface area contributed by atoms with Crippen molar-refractivity contribution in [3.8, 4) is 11.4 Å². The zero-order valence-corrected chi connectivity index (χ0v) is 10.9. The lowest BCUT2D eigenvalue weighted by molar-refractivity contribution is 1.17. The summed E-state index contributed by atoms with van der Waals surface area (Å²) in [6.07, 6.45) is 3.49. The van der Waals surface area contributed by atoms with E-state index in [1.54, 1.807) is 12.4 Å². The third kappa shape index (κ3) is 2.12. The van der Waals surface area contributed by atoms with Crippen LogP contribution >= 0.6 is 38.5 Å². The summed E-state index contributed by atoms with van der Waals surface area (Å²) in [6, 6.07) is 7.88. The summed E-state index contributed by atoms with van der Waals surface area (Å²) in [5.74, 6) is 0.762. The monoisotopic (exact) mass is 360 g/mol. The van der Waals surface area contributed by atoms with Gasteiger partial charge in [-0.1, -0.05) is 0 Å². The lowest BCUT2D eigenvalue weighted by atomic mass is 10.2. The van der Waals surface area contributed by atoms with Crippen molar-refractivity contribution in [3.05, 3.63) is 44.7 Å². The predicted octanol–water partition coefficient (Wildman–Crippen LogP) is 3.51. The summed E-state index contributed by atoms with van der Waals surface area (Å²) in [5, 5.41) is 0. The highest BCUT2D eigenvalue weighted by Crippen LogP contribution is 2.24. The molecule has 0 aliphatic rings. The first kappa shape index (κ1) is 10.0. The molecule has 70 valence electrons. The van der Waals surface area contributed by atoms with Crippen molar-refractivity contribution in [2.75, 3.05) is 0 Å². The first-order valence-corrected chi connectivity index (χ1v) is 5.87. The summed E-state index contributed by atoms with van der Waals surface area (Å²) in [4.78, 5) is 8.38. The Hall–Kier alpha value is -0.490. The van der Waals surface area contributed by atoms with E-state index in [0.717, 1.165) is 19.4 Å². The average Bonchev–Trinajstić information content (AvgIpc) is 2.23. The van der Waals surface area contributed by atoms with E-state index in [9.17, 15) is 0 Å². The molecular formula is C10H6BrIN2. The minimum absolute atomic E-state index is 0.762. The van der Waals surface area contributed by atoms with Gasteiger partial charge in [-0.3, -0.25) is 0 Å². The summed E-state index contributed by atoms with van der Waals surface area (Å²) < 4.78 is 2.25. The lowest BCUT2D eigenvalue weighted by Crippen LogP contribution is -1.87. The highest BCUT2D eigenvalue weighted by atomic mass is 127. The van der Waals surface area contributed by atoms with Gasteiger partial charge < -0.3 is 0 Å². The van der Waals surface area contributed by atoms with Crippen molar-refractivity contribution >= 4 is 38.5 Å². The molecule has 2 aromatic rings. The Morgan fingerprint density at radius 2 is 1.86 bits per heavy atom. The van der Waals surface area contributed by atoms with Gasteiger partial charge in [-0.15, -0.1) is 0 Å². The van der Waals surface area contributed by atoms with Crippen LogP contribution in [0, 0.1) is 3.57 Å². The quantitative estimate of drug-likeness (QED) is 0.727. The van der Waals surface area contributed by atoms with Crippen molar-refractivity contribution in [1.82, 2.24) is 9.97 Å². The molecule has 0 bridgehead atoms. The topological polar surface area (TPSA) is 25.8 Å². The second-order valence-corrected chi connectivity index (χ2v) is 4.72. The molecule has 0 radical (unpaired) electrons. The van der Waals surface area contributed by atoms with Crippen molar-refractivity contribution in [1.29, 1.82) is 0 Å². The van der Waals surface area contributed by atoms with Crippen molar-refractivity contribution in [2.45, 2.75) is 0 Å². The average molecular weight is 361 g/mol. The number of nitrogens with zero attached hydrogens (tertiary/aromatic N) is 2. The predicted molar refractivity (Wildman–Crippen MR) is 67.9 cm³/mol. The maximum atomic E-state index is 4.19. The van der Waals surface area contributed by atoms with E-state index in [2.05, 4.69) is 54.6 Å². The van der Waals surface area contributed by atoms with E-state index < -0.39 is 0 Å². The van der Waals surface area contributed by atoms with Crippen molar-refractivity contribution < 1.29 is 0 Å². The Kier molecular flexibility index (Phi) is 3.12. The molecule has 0 amide bonds. The van der Waals surface area contributed by atoms with E-state index in [0.29, 0.717) is 0 Å². The Morgan fingerprint density at radius 3 is 2.50 bits per heavy atom. The molecule has 2 rings (SSSR count). The van der Waals surface area contributed by atoms with Crippen LogP contribution in [0.25, 0.3) is 11.4 Å². The number of hydrogen-bond donors (Lipinski definition) is 0. The van der Waals surface area contributed by atoms with Gasteiger partial charge in [0.2, 0.25) is 0 Å². The lowest BCUT2D eigenvalue weighted by Gasteiger charge is -2.01. The minimum atomic E-state index is 0.762. The number of aromatic nitrogens is 2. The molecule has 14 heavy (non-hydrogen) atoms. The Morgan fingerprint density at radius 1 is 1.14 bits per heavy atom. The van der Waals surface area contributed by atoms with Gasteiger partial charge in [0.1, 0.15) is 0 Å². The number of hydrogen-bond acceptors (Lipinski definition) is 2. The van der Waals surface area contributed by atoms with E-state index in [-0.39, 0.29) is 0 Å². The van der Waals surface area contributed by atoms with Crippen LogP contribution in [0.1, 0.15) is 0 Å². The fraction of sp³-hybridized carbons (Fsp3) is 0. The molecule has 0 unspecified atom stereocenters. The zero-order valence-electron chi connectivity index (χ0n) is 7.11. The largest absolute Gasteiger partial charge is 0.237 e. The van der Waals surface area contributed by atoms with Crippen LogP contribution in [0.4, 0.5) is 0 Å². The molecule has 0 N–H and O–H groups in total. The van der Waals surface area contributed by atoms with Gasteiger partial charge in [-0.05, 0) is 62.8 Å². The molecule has 4 heteroatoms. The minimum Gasteiger partial charge on any atom is -0.237 e. The summed E-state index contributed by atoms with van der Waals surface area (Å²) in [6.45, 7) is 0. The zero-order chi connectivity index (χ0) is 9.97. The first-order valence-electron chi connectivity index (χ1n) is 4.00. The smallest absolute Gasteiger partial charge is 0.159 e. The molecule has 0 spiro atoms. The summed E-state index contributed by atoms with van der Waals surface area (Å²) in [7, 11) is 0. The summed E-state index contributed by atoms with van der Waals surface area (Å²) >= 11 is 5.73. The SMILES string of the molecule is Brc1ccc(-c2ncccn2)cc1I. The van der Waals surface area contributed by atoms with Crippen LogP contribution in [-0.4, -0.2) is 9.97 Å². The molecule has 2 nitrogen and oxygen atoms in total. The standard InChI is InChI=1S/C10H6BrIN2/c11-8-3-2-7(6-9(8)12)10-13-4-1-5-14-10/h1-6H. The number of halogens is 2. The molecule has 0 aliphatic heterocycles. The van der Waals surface area contributed by atoms with Gasteiger partial charge >= 0.3 is 0 Å². The first-order chi connectivity index (χ1) is 6.77. The van der Waals surface area contributed by atoms with Crippen LogP contribution in [0.3, 0.4) is 0 Å². The van der Waals surface area contributed by atoms with E-state index in [1.165, 1.54) is 0 Å². The molecule has 0 atom stereocenters. The summed E-state index contributed by atoms with van der Waals surface area (Å²) in [5.41, 5.74) is 1.04. The highest BCUT2D eigenvalue weighted by Gasteiger charge is 2.02. The molecular weight excluding hydrogens is 355 g/mol.